The van der Waals surface area contributed by atoms with E-state index in [0.29, 0.717) is 12.2 Å². The lowest BCUT2D eigenvalue weighted by Crippen LogP contribution is -2.51. The number of carbonyl (C=O) groups excluding carboxylic acids is 1. The van der Waals surface area contributed by atoms with E-state index in [1.54, 1.807) is 33.4 Å². The Morgan fingerprint density at radius 3 is 1.79 bits per heavy atom. The molecule has 278 valence electrons. The Morgan fingerprint density at radius 1 is 0.769 bits per heavy atom. The van der Waals surface area contributed by atoms with Crippen LogP contribution >= 0.6 is 0 Å². The Morgan fingerprint density at radius 2 is 1.29 bits per heavy atom. The number of hydrogen-bond donors (Lipinski definition) is 1. The predicted octanol–water partition coefficient (Wildman–Crippen LogP) is 6.71. The zero-order valence-corrected chi connectivity index (χ0v) is 33.2. The number of amides is 1. The smallest absolute Gasteiger partial charge is 0.329 e. The third-order valence-corrected chi connectivity index (χ3v) is 19.6. The molecule has 4 aromatic rings. The van der Waals surface area contributed by atoms with Gasteiger partial charge in [0.05, 0.1) is 36.6 Å². The van der Waals surface area contributed by atoms with Gasteiger partial charge in [-0.25, -0.2) is 17.5 Å². The average Bonchev–Trinajstić information content (AvgIpc) is 3.55. The number of aliphatic hydroxyl groups is 1. The number of aromatic nitrogens is 2. The molecule has 1 aliphatic carbocycles. The van der Waals surface area contributed by atoms with Crippen LogP contribution in [0.2, 0.25) is 16.6 Å². The van der Waals surface area contributed by atoms with Crippen molar-refractivity contribution in [3.63, 3.8) is 0 Å². The highest BCUT2D eigenvalue weighted by Gasteiger charge is 2.60. The van der Waals surface area contributed by atoms with Crippen molar-refractivity contribution < 1.29 is 22.7 Å². The lowest BCUT2D eigenvalue weighted by Gasteiger charge is -2.44. The van der Waals surface area contributed by atoms with Crippen molar-refractivity contribution in [3.8, 4) is 0 Å². The van der Waals surface area contributed by atoms with Gasteiger partial charge >= 0.3 is 5.69 Å². The monoisotopic (exact) mass is 743 g/mol. The molecule has 1 fully saturated rings. The van der Waals surface area contributed by atoms with Crippen LogP contribution in [0, 0.1) is 18.8 Å². The van der Waals surface area contributed by atoms with Gasteiger partial charge < -0.3 is 9.53 Å². The van der Waals surface area contributed by atoms with Gasteiger partial charge in [0, 0.05) is 23.9 Å². The van der Waals surface area contributed by atoms with Crippen LogP contribution in [0.1, 0.15) is 75.5 Å². The van der Waals surface area contributed by atoms with Crippen LogP contribution in [0.25, 0.3) is 0 Å². The summed E-state index contributed by atoms with van der Waals surface area (Å²) in [5.41, 5.74) is 4.59. The van der Waals surface area contributed by atoms with E-state index < -0.39 is 48.0 Å². The maximum atomic E-state index is 14.9. The quantitative estimate of drug-likeness (QED) is 0.153. The molecule has 0 saturated carbocycles. The molecule has 11 heteroatoms. The highest BCUT2D eigenvalue weighted by molar-refractivity contribution is 7.89. The van der Waals surface area contributed by atoms with Crippen LogP contribution in [-0.4, -0.2) is 60.4 Å². The molecule has 0 spiro atoms. The Balaban J connectivity index is 1.60. The summed E-state index contributed by atoms with van der Waals surface area (Å²) in [6.45, 7) is 15.2. The SMILES string of the molecule is Cc1ccc(S(=O)(=O)N2C(=O)C3C(c4c(n(Cc5ccccc5)c(=O)n4Cc4ccccc4)C[C@H]3CO)[C@H]2CO[Si](C(C)C)(C(C)C)C(C)C)cc1. The van der Waals surface area contributed by atoms with Crippen molar-refractivity contribution in [2.75, 3.05) is 13.2 Å². The summed E-state index contributed by atoms with van der Waals surface area (Å²) in [4.78, 5) is 29.6. The van der Waals surface area contributed by atoms with E-state index in [0.717, 1.165) is 26.7 Å². The van der Waals surface area contributed by atoms with Crippen LogP contribution in [0.4, 0.5) is 0 Å². The summed E-state index contributed by atoms with van der Waals surface area (Å²) in [5, 5.41) is 10.9. The van der Waals surface area contributed by atoms with Gasteiger partial charge in [0.25, 0.3) is 10.0 Å². The second-order valence-electron chi connectivity index (χ2n) is 15.6. The number of fused-ring (bicyclic) bond motifs is 3. The zero-order valence-electron chi connectivity index (χ0n) is 31.4. The highest BCUT2D eigenvalue weighted by atomic mass is 32.2. The fourth-order valence-corrected chi connectivity index (χ4v) is 16.4. The fraction of sp³-hybridized carbons (Fsp3) is 0.463. The van der Waals surface area contributed by atoms with E-state index in [1.165, 1.54) is 0 Å². The van der Waals surface area contributed by atoms with Crippen LogP contribution in [-0.2, 0) is 38.8 Å². The standard InChI is InChI=1S/C41H53N3O6SSi/c1-27(2)52(28(3)4,29(5)6)50-26-36-38-37(40(46)44(36)51(48,49)34-20-18-30(7)19-21-34)33(25-45)22-35-39(38)43(24-32-16-12-9-13-17-32)41(47)42(35)23-31-14-10-8-11-15-31/h8-21,27-29,33,36-38,45H,22-26H2,1-7H3/t33-,36+,37?,38?/m0/s1. The van der Waals surface area contributed by atoms with Gasteiger partial charge in [0.1, 0.15) is 0 Å². The Labute approximate surface area is 309 Å². The van der Waals surface area contributed by atoms with E-state index in [-0.39, 0.29) is 53.4 Å². The molecule has 2 aliphatic rings. The molecule has 2 unspecified atom stereocenters. The number of aliphatic hydroxyl groups excluding tert-OH is 1. The summed E-state index contributed by atoms with van der Waals surface area (Å²) in [6.07, 6.45) is 0.261. The average molecular weight is 744 g/mol. The number of rotatable bonds is 13. The van der Waals surface area contributed by atoms with Crippen LogP contribution in [0.3, 0.4) is 0 Å². The van der Waals surface area contributed by atoms with Gasteiger partial charge in [0.2, 0.25) is 5.91 Å². The highest BCUT2D eigenvalue weighted by Crippen LogP contribution is 2.51. The molecule has 1 N–H and O–H groups in total. The van der Waals surface area contributed by atoms with E-state index >= 15 is 0 Å². The molecule has 0 bridgehead atoms. The molecule has 4 atom stereocenters. The zero-order chi connectivity index (χ0) is 37.5. The van der Waals surface area contributed by atoms with Crippen molar-refractivity contribution >= 4 is 24.2 Å². The number of sulfonamides is 1. The minimum atomic E-state index is -4.35. The first-order chi connectivity index (χ1) is 24.7. The van der Waals surface area contributed by atoms with Gasteiger partial charge in [0.15, 0.2) is 8.32 Å². The molecule has 1 aliphatic heterocycles. The van der Waals surface area contributed by atoms with Gasteiger partial charge in [-0.3, -0.25) is 13.9 Å². The summed E-state index contributed by atoms with van der Waals surface area (Å²) >= 11 is 0. The molecule has 1 saturated heterocycles. The van der Waals surface area contributed by atoms with Crippen molar-refractivity contribution in [2.45, 2.75) is 101 Å². The number of benzene rings is 3. The largest absolute Gasteiger partial charge is 0.414 e. The van der Waals surface area contributed by atoms with Crippen LogP contribution in [0.15, 0.2) is 94.6 Å². The van der Waals surface area contributed by atoms with Crippen molar-refractivity contribution in [1.82, 2.24) is 13.4 Å². The Bertz CT molecular complexity index is 2020. The lowest BCUT2D eigenvalue weighted by atomic mass is 9.72. The first-order valence-corrected chi connectivity index (χ1v) is 22.1. The van der Waals surface area contributed by atoms with E-state index in [4.69, 9.17) is 4.43 Å². The Hall–Kier alpha value is -3.77. The molecule has 2 heterocycles. The summed E-state index contributed by atoms with van der Waals surface area (Å²) in [6, 6.07) is 25.1. The second-order valence-corrected chi connectivity index (χ2v) is 22.9. The van der Waals surface area contributed by atoms with Gasteiger partial charge in [-0.05, 0) is 59.1 Å². The molecule has 9 nitrogen and oxygen atoms in total. The number of imidazole rings is 1. The van der Waals surface area contributed by atoms with E-state index in [1.807, 2.05) is 67.6 Å². The fourth-order valence-electron chi connectivity index (χ4n) is 9.36. The molecule has 6 rings (SSSR count). The number of nitrogens with zero attached hydrogens (tertiary/aromatic N) is 3. The normalized spacial score (nSPS) is 20.6. The van der Waals surface area contributed by atoms with Crippen molar-refractivity contribution in [2.24, 2.45) is 11.8 Å². The maximum absolute atomic E-state index is 14.9. The first kappa shape index (κ1) is 38.0. The summed E-state index contributed by atoms with van der Waals surface area (Å²) in [5.74, 6) is -2.74. The number of hydrogen-bond acceptors (Lipinski definition) is 6. The topological polar surface area (TPSA) is 111 Å². The third kappa shape index (κ3) is 6.54. The van der Waals surface area contributed by atoms with Crippen molar-refractivity contribution in [3.05, 3.63) is 123 Å². The molecule has 3 aromatic carbocycles. The molecule has 1 amide bonds. The predicted molar refractivity (Wildman–Crippen MR) is 206 cm³/mol. The maximum Gasteiger partial charge on any atom is 0.329 e. The molecular weight excluding hydrogens is 691 g/mol. The van der Waals surface area contributed by atoms with Gasteiger partial charge in [-0.15, -0.1) is 0 Å². The Kier molecular flexibility index (Phi) is 10.9. The summed E-state index contributed by atoms with van der Waals surface area (Å²) < 4.78 is 41.3. The summed E-state index contributed by atoms with van der Waals surface area (Å²) in [7, 11) is -6.91. The molecule has 1 aromatic heterocycles. The third-order valence-electron chi connectivity index (χ3n) is 11.6. The van der Waals surface area contributed by atoms with Crippen LogP contribution in [0.5, 0.6) is 0 Å². The minimum absolute atomic E-state index is 0.000256. The minimum Gasteiger partial charge on any atom is -0.414 e. The molecular formula is C41H53N3O6SSi. The van der Waals surface area contributed by atoms with Crippen molar-refractivity contribution in [1.29, 1.82) is 0 Å². The lowest BCUT2D eigenvalue weighted by molar-refractivity contribution is -0.129. The van der Waals surface area contributed by atoms with E-state index in [9.17, 15) is 23.1 Å². The molecule has 52 heavy (non-hydrogen) atoms. The van der Waals surface area contributed by atoms with Crippen LogP contribution < -0.4 is 5.69 Å². The van der Waals surface area contributed by atoms with Gasteiger partial charge in [-0.1, -0.05) is 120 Å². The molecule has 0 radical (unpaired) electrons. The number of carbonyl (C=O) groups is 1. The first-order valence-electron chi connectivity index (χ1n) is 18.5. The van der Waals surface area contributed by atoms with Gasteiger partial charge in [-0.2, -0.15) is 0 Å². The second kappa shape index (κ2) is 14.9. The number of aryl methyl sites for hydroxylation is 1. The van der Waals surface area contributed by atoms with E-state index in [2.05, 4.69) is 41.5 Å².